The topological polar surface area (TPSA) is 83.6 Å². The first-order valence-electron chi connectivity index (χ1n) is 8.80. The number of carbonyl (C=O) groups excluding carboxylic acids is 1. The third-order valence-electron chi connectivity index (χ3n) is 4.42. The number of aryl methyl sites for hydroxylation is 2. The van der Waals surface area contributed by atoms with Crippen molar-refractivity contribution < 1.29 is 19.4 Å². The summed E-state index contributed by atoms with van der Waals surface area (Å²) in [5.74, 6) is 1.03. The maximum atomic E-state index is 12.5. The number of fused-ring (bicyclic) bond motifs is 1. The third kappa shape index (κ3) is 4.41. The number of aromatic nitrogens is 1. The van der Waals surface area contributed by atoms with E-state index in [0.717, 1.165) is 22.0 Å². The highest BCUT2D eigenvalue weighted by molar-refractivity contribution is 6.01. The molecule has 0 fully saturated rings. The lowest BCUT2D eigenvalue weighted by Crippen LogP contribution is -2.35. The number of aromatic amines is 1. The Labute approximate surface area is 158 Å². The van der Waals surface area contributed by atoms with E-state index in [1.165, 1.54) is 0 Å². The van der Waals surface area contributed by atoms with Crippen LogP contribution < -0.4 is 14.8 Å². The van der Waals surface area contributed by atoms with Gasteiger partial charge in [-0.3, -0.25) is 4.79 Å². The minimum atomic E-state index is -0.827. The van der Waals surface area contributed by atoms with Crippen LogP contribution in [0.2, 0.25) is 0 Å². The molecule has 142 valence electrons. The van der Waals surface area contributed by atoms with Crippen LogP contribution in [0.4, 0.5) is 0 Å². The van der Waals surface area contributed by atoms with Crippen LogP contribution in [0.1, 0.15) is 21.6 Å². The molecule has 0 aliphatic heterocycles. The van der Waals surface area contributed by atoms with Gasteiger partial charge in [0.15, 0.2) is 0 Å². The summed E-state index contributed by atoms with van der Waals surface area (Å²) >= 11 is 0. The zero-order valence-corrected chi connectivity index (χ0v) is 15.7. The van der Waals surface area contributed by atoms with Crippen molar-refractivity contribution in [2.24, 2.45) is 0 Å². The Morgan fingerprint density at radius 3 is 2.74 bits per heavy atom. The molecule has 3 N–H and O–H groups in total. The van der Waals surface area contributed by atoms with Crippen molar-refractivity contribution >= 4 is 16.8 Å². The van der Waals surface area contributed by atoms with Crippen molar-refractivity contribution in [1.29, 1.82) is 0 Å². The summed E-state index contributed by atoms with van der Waals surface area (Å²) < 4.78 is 10.7. The number of aliphatic hydroxyl groups is 1. The van der Waals surface area contributed by atoms with Crippen molar-refractivity contribution in [1.82, 2.24) is 10.3 Å². The Kier molecular flexibility index (Phi) is 5.66. The quantitative estimate of drug-likeness (QED) is 0.599. The molecule has 1 atom stereocenters. The van der Waals surface area contributed by atoms with E-state index in [1.807, 2.05) is 38.1 Å². The summed E-state index contributed by atoms with van der Waals surface area (Å²) in [6.07, 6.45) is -0.827. The Morgan fingerprint density at radius 2 is 1.96 bits per heavy atom. The largest absolute Gasteiger partial charge is 0.497 e. The van der Waals surface area contributed by atoms with Gasteiger partial charge in [0.25, 0.3) is 5.91 Å². The van der Waals surface area contributed by atoms with Gasteiger partial charge in [0.2, 0.25) is 0 Å². The van der Waals surface area contributed by atoms with Gasteiger partial charge in [-0.25, -0.2) is 0 Å². The van der Waals surface area contributed by atoms with Crippen LogP contribution in [0.15, 0.2) is 42.5 Å². The molecule has 3 rings (SSSR count). The van der Waals surface area contributed by atoms with Crippen molar-refractivity contribution in [3.63, 3.8) is 0 Å². The fourth-order valence-corrected chi connectivity index (χ4v) is 2.91. The second-order valence-corrected chi connectivity index (χ2v) is 6.53. The van der Waals surface area contributed by atoms with Gasteiger partial charge in [0, 0.05) is 23.5 Å². The first kappa shape index (κ1) is 18.8. The molecule has 0 spiro atoms. The van der Waals surface area contributed by atoms with Gasteiger partial charge < -0.3 is 24.9 Å². The molecule has 2 aromatic carbocycles. The number of aliphatic hydroxyl groups excluding tert-OH is 1. The lowest BCUT2D eigenvalue weighted by atomic mass is 10.1. The van der Waals surface area contributed by atoms with Crippen molar-refractivity contribution in [3.8, 4) is 11.5 Å². The number of benzene rings is 2. The molecular weight excluding hydrogens is 344 g/mol. The highest BCUT2D eigenvalue weighted by Gasteiger charge is 2.16. The number of hydrogen-bond acceptors (Lipinski definition) is 4. The number of methoxy groups -OCH3 is 1. The molecule has 1 aromatic heterocycles. The predicted octanol–water partition coefficient (Wildman–Crippen LogP) is 2.96. The number of ether oxygens (including phenoxy) is 2. The summed E-state index contributed by atoms with van der Waals surface area (Å²) in [7, 11) is 1.58. The predicted molar refractivity (Wildman–Crippen MR) is 105 cm³/mol. The Morgan fingerprint density at radius 1 is 1.19 bits per heavy atom. The summed E-state index contributed by atoms with van der Waals surface area (Å²) in [6.45, 7) is 4.09. The molecular formula is C21H24N2O4. The smallest absolute Gasteiger partial charge is 0.268 e. The van der Waals surface area contributed by atoms with Gasteiger partial charge in [0.1, 0.15) is 29.9 Å². The third-order valence-corrected chi connectivity index (χ3v) is 4.42. The number of carbonyl (C=O) groups is 1. The fraction of sp³-hybridized carbons (Fsp3) is 0.286. The Bertz CT molecular complexity index is 949. The van der Waals surface area contributed by atoms with Crippen molar-refractivity contribution in [2.45, 2.75) is 20.0 Å². The SMILES string of the molecule is COc1cccc(OC[C@H](O)CNC(=O)c2[nH]c3ccc(C)cc3c2C)c1. The molecule has 1 amide bonds. The average Bonchev–Trinajstić information content (AvgIpc) is 3.01. The Balaban J connectivity index is 1.56. The average molecular weight is 368 g/mol. The van der Waals surface area contributed by atoms with E-state index >= 15 is 0 Å². The van der Waals surface area contributed by atoms with Crippen LogP contribution in [-0.2, 0) is 0 Å². The van der Waals surface area contributed by atoms with E-state index in [9.17, 15) is 9.90 Å². The second kappa shape index (κ2) is 8.14. The summed E-state index contributed by atoms with van der Waals surface area (Å²) in [4.78, 5) is 15.6. The lowest BCUT2D eigenvalue weighted by molar-refractivity contribution is 0.0839. The van der Waals surface area contributed by atoms with E-state index in [-0.39, 0.29) is 19.1 Å². The molecule has 0 unspecified atom stereocenters. The van der Waals surface area contributed by atoms with E-state index in [1.54, 1.807) is 19.2 Å². The van der Waals surface area contributed by atoms with Crippen LogP contribution in [-0.4, -0.2) is 42.4 Å². The number of amides is 1. The lowest BCUT2D eigenvalue weighted by Gasteiger charge is -2.13. The highest BCUT2D eigenvalue weighted by atomic mass is 16.5. The molecule has 0 bridgehead atoms. The molecule has 0 aliphatic rings. The highest BCUT2D eigenvalue weighted by Crippen LogP contribution is 2.23. The molecule has 6 heteroatoms. The minimum Gasteiger partial charge on any atom is -0.497 e. The zero-order chi connectivity index (χ0) is 19.4. The van der Waals surface area contributed by atoms with Crippen LogP contribution in [0.25, 0.3) is 10.9 Å². The molecule has 27 heavy (non-hydrogen) atoms. The maximum Gasteiger partial charge on any atom is 0.268 e. The number of hydrogen-bond donors (Lipinski definition) is 3. The summed E-state index contributed by atoms with van der Waals surface area (Å²) in [5.41, 5.74) is 3.47. The zero-order valence-electron chi connectivity index (χ0n) is 15.7. The van der Waals surface area contributed by atoms with E-state index < -0.39 is 6.10 Å². The van der Waals surface area contributed by atoms with Gasteiger partial charge in [-0.05, 0) is 43.7 Å². The summed E-state index contributed by atoms with van der Waals surface area (Å²) in [6, 6.07) is 13.2. The maximum absolute atomic E-state index is 12.5. The van der Waals surface area contributed by atoms with Crippen LogP contribution in [0.3, 0.4) is 0 Å². The standard InChI is InChI=1S/C21H24N2O4/c1-13-7-8-19-18(9-13)14(2)20(23-19)21(25)22-11-15(24)12-27-17-6-4-5-16(10-17)26-3/h4-10,15,23-24H,11-12H2,1-3H3,(H,22,25)/t15-/m1/s1. The molecule has 0 aliphatic carbocycles. The molecule has 6 nitrogen and oxygen atoms in total. The molecule has 0 radical (unpaired) electrons. The van der Waals surface area contributed by atoms with Crippen molar-refractivity contribution in [3.05, 3.63) is 59.3 Å². The molecule has 0 saturated heterocycles. The monoisotopic (exact) mass is 368 g/mol. The van der Waals surface area contributed by atoms with E-state index in [2.05, 4.69) is 16.4 Å². The van der Waals surface area contributed by atoms with Gasteiger partial charge in [-0.2, -0.15) is 0 Å². The Hall–Kier alpha value is -2.99. The minimum absolute atomic E-state index is 0.0678. The van der Waals surface area contributed by atoms with Crippen molar-refractivity contribution in [2.75, 3.05) is 20.3 Å². The summed E-state index contributed by atoms with van der Waals surface area (Å²) in [5, 5.41) is 13.9. The molecule has 0 saturated carbocycles. The number of nitrogens with one attached hydrogen (secondary N) is 2. The molecule has 1 heterocycles. The first-order valence-corrected chi connectivity index (χ1v) is 8.80. The van der Waals surface area contributed by atoms with E-state index in [0.29, 0.717) is 17.2 Å². The van der Waals surface area contributed by atoms with Gasteiger partial charge in [-0.15, -0.1) is 0 Å². The van der Waals surface area contributed by atoms with Gasteiger partial charge in [0.05, 0.1) is 7.11 Å². The van der Waals surface area contributed by atoms with Gasteiger partial charge in [-0.1, -0.05) is 17.7 Å². The normalized spacial score (nSPS) is 12.0. The first-order chi connectivity index (χ1) is 13.0. The number of rotatable bonds is 7. The molecule has 3 aromatic rings. The van der Waals surface area contributed by atoms with Crippen LogP contribution in [0, 0.1) is 13.8 Å². The van der Waals surface area contributed by atoms with Crippen LogP contribution >= 0.6 is 0 Å². The second-order valence-electron chi connectivity index (χ2n) is 6.53. The van der Waals surface area contributed by atoms with Crippen LogP contribution in [0.5, 0.6) is 11.5 Å². The van der Waals surface area contributed by atoms with E-state index in [4.69, 9.17) is 9.47 Å². The fourth-order valence-electron chi connectivity index (χ4n) is 2.91. The number of H-pyrrole nitrogens is 1. The van der Waals surface area contributed by atoms with Gasteiger partial charge >= 0.3 is 0 Å².